The van der Waals surface area contributed by atoms with Gasteiger partial charge in [-0.25, -0.2) is 23.5 Å². The zero-order valence-corrected chi connectivity index (χ0v) is 24.6. The van der Waals surface area contributed by atoms with Gasteiger partial charge in [-0.3, -0.25) is 14.3 Å². The normalized spacial score (nSPS) is 11.3. The number of ether oxygens (including phenoxy) is 1. The van der Waals surface area contributed by atoms with Gasteiger partial charge < -0.3 is 14.7 Å². The molecule has 0 spiro atoms. The van der Waals surface area contributed by atoms with Crippen molar-refractivity contribution < 1.29 is 23.4 Å². The zero-order valence-electron chi connectivity index (χ0n) is 23.1. The summed E-state index contributed by atoms with van der Waals surface area (Å²) in [5.41, 5.74) is 1.91. The Bertz CT molecular complexity index is 2010. The van der Waals surface area contributed by atoms with Crippen LogP contribution in [0.15, 0.2) is 40.6 Å². The molecule has 5 rings (SSSR count). The molecule has 0 saturated carbocycles. The van der Waals surface area contributed by atoms with Crippen molar-refractivity contribution in [2.45, 2.75) is 26.8 Å². The lowest BCUT2D eigenvalue weighted by Gasteiger charge is -2.20. The lowest BCUT2D eigenvalue weighted by atomic mass is 10.0. The van der Waals surface area contributed by atoms with Crippen molar-refractivity contribution in [2.75, 3.05) is 25.1 Å². The minimum Gasteiger partial charge on any atom is -0.491 e. The molecule has 14 heteroatoms. The predicted molar refractivity (Wildman–Crippen MR) is 160 cm³/mol. The molecule has 4 heterocycles. The van der Waals surface area contributed by atoms with Crippen molar-refractivity contribution in [1.82, 2.24) is 19.5 Å². The Kier molecular flexibility index (Phi) is 8.25. The number of carboxylic acids is 1. The van der Waals surface area contributed by atoms with E-state index in [1.807, 2.05) is 12.1 Å². The number of anilines is 1. The molecular weight excluding hydrogens is 602 g/mol. The van der Waals surface area contributed by atoms with Crippen LogP contribution in [0, 0.1) is 25.2 Å². The molecule has 220 valence electrons. The summed E-state index contributed by atoms with van der Waals surface area (Å²) in [6.07, 6.45) is -1.37. The Labute approximate surface area is 252 Å². The van der Waals surface area contributed by atoms with Crippen molar-refractivity contribution in [3.63, 3.8) is 0 Å². The molecule has 0 radical (unpaired) electrons. The largest absolute Gasteiger partial charge is 0.491 e. The minimum atomic E-state index is -2.66. The second kappa shape index (κ2) is 11.9. The van der Waals surface area contributed by atoms with Crippen LogP contribution in [0.3, 0.4) is 0 Å². The number of thiophene rings is 1. The number of rotatable bonds is 9. The Morgan fingerprint density at radius 1 is 1.26 bits per heavy atom. The highest BCUT2D eigenvalue weighted by molar-refractivity contribution is 7.18. The number of halogens is 3. The van der Waals surface area contributed by atoms with Crippen LogP contribution in [-0.2, 0) is 6.54 Å². The van der Waals surface area contributed by atoms with Gasteiger partial charge in [0, 0.05) is 34.3 Å². The van der Waals surface area contributed by atoms with Crippen molar-refractivity contribution in [3.8, 4) is 22.9 Å². The molecule has 1 N–H and O–H groups in total. The lowest BCUT2D eigenvalue weighted by Crippen LogP contribution is -2.29. The molecule has 10 nitrogen and oxygen atoms in total. The molecule has 0 unspecified atom stereocenters. The first kappa shape index (κ1) is 29.8. The monoisotopic (exact) mass is 624 g/mol. The van der Waals surface area contributed by atoms with Crippen LogP contribution in [0.5, 0.6) is 5.75 Å². The van der Waals surface area contributed by atoms with Gasteiger partial charge in [0.05, 0.1) is 46.0 Å². The Balaban J connectivity index is 1.50. The molecule has 0 fully saturated rings. The number of aryl methyl sites for hydroxylation is 2. The zero-order chi connectivity index (χ0) is 31.0. The number of aromatic carboxylic acids is 1. The fourth-order valence-corrected chi connectivity index (χ4v) is 6.02. The summed E-state index contributed by atoms with van der Waals surface area (Å²) in [5, 5.41) is 21.4. The molecule has 0 saturated heterocycles. The van der Waals surface area contributed by atoms with E-state index in [0.29, 0.717) is 43.6 Å². The minimum absolute atomic E-state index is 0.0195. The average molecular weight is 625 g/mol. The van der Waals surface area contributed by atoms with Gasteiger partial charge in [-0.15, -0.1) is 11.3 Å². The van der Waals surface area contributed by atoms with E-state index in [-0.39, 0.29) is 41.0 Å². The van der Waals surface area contributed by atoms with Gasteiger partial charge in [-0.1, -0.05) is 11.6 Å². The fourth-order valence-electron chi connectivity index (χ4n) is 4.84. The number of nitrogens with zero attached hydrogens (tertiary/aromatic N) is 6. The number of pyridine rings is 2. The van der Waals surface area contributed by atoms with E-state index in [1.54, 1.807) is 32.0 Å². The first-order valence-corrected chi connectivity index (χ1v) is 14.1. The van der Waals surface area contributed by atoms with E-state index in [9.17, 15) is 28.7 Å². The van der Waals surface area contributed by atoms with E-state index >= 15 is 0 Å². The number of carbonyl (C=O) groups is 1. The molecule has 43 heavy (non-hydrogen) atoms. The van der Waals surface area contributed by atoms with E-state index in [2.05, 4.69) is 15.0 Å². The highest BCUT2D eigenvalue weighted by atomic mass is 35.5. The second-order valence-electron chi connectivity index (χ2n) is 9.65. The molecular formula is C29H23ClF2N6O4S. The molecule has 4 aromatic heterocycles. The summed E-state index contributed by atoms with van der Waals surface area (Å²) in [6, 6.07) is 8.81. The van der Waals surface area contributed by atoms with Crippen molar-refractivity contribution in [1.29, 1.82) is 5.26 Å². The number of nitriles is 1. The highest BCUT2D eigenvalue weighted by Crippen LogP contribution is 2.40. The molecule has 5 aromatic rings. The third-order valence-electron chi connectivity index (χ3n) is 6.74. The van der Waals surface area contributed by atoms with E-state index in [0.717, 1.165) is 4.90 Å². The fraction of sp³-hybridized carbons (Fsp3) is 0.241. The maximum atomic E-state index is 13.6. The number of aromatic nitrogens is 4. The van der Waals surface area contributed by atoms with Gasteiger partial charge in [0.15, 0.2) is 0 Å². The summed E-state index contributed by atoms with van der Waals surface area (Å²) in [7, 11) is 1.37. The molecule has 0 aliphatic rings. The summed E-state index contributed by atoms with van der Waals surface area (Å²) in [4.78, 5) is 39.4. The quantitative estimate of drug-likeness (QED) is 0.219. The molecule has 1 aromatic carbocycles. The Hall–Kier alpha value is -4.67. The van der Waals surface area contributed by atoms with Crippen molar-refractivity contribution in [2.24, 2.45) is 0 Å². The van der Waals surface area contributed by atoms with E-state index < -0.39 is 24.5 Å². The van der Waals surface area contributed by atoms with E-state index in [1.165, 1.54) is 34.5 Å². The number of hydrogen-bond acceptors (Lipinski definition) is 9. The number of carboxylic acid groups (broad SMARTS) is 1. The number of benzene rings is 1. The maximum absolute atomic E-state index is 13.6. The molecule has 0 atom stereocenters. The van der Waals surface area contributed by atoms with Gasteiger partial charge in [0.25, 0.3) is 12.0 Å². The Morgan fingerprint density at radius 3 is 2.72 bits per heavy atom. The van der Waals surface area contributed by atoms with Crippen LogP contribution in [0.25, 0.3) is 32.2 Å². The topological polar surface area (TPSA) is 134 Å². The molecule has 0 aliphatic carbocycles. The summed E-state index contributed by atoms with van der Waals surface area (Å²) < 4.78 is 34.2. The van der Waals surface area contributed by atoms with Gasteiger partial charge in [0.2, 0.25) is 0 Å². The Morgan fingerprint density at radius 2 is 2.02 bits per heavy atom. The van der Waals surface area contributed by atoms with Gasteiger partial charge in [-0.2, -0.15) is 5.26 Å². The maximum Gasteiger partial charge on any atom is 0.338 e. The van der Waals surface area contributed by atoms with E-state index in [4.69, 9.17) is 16.3 Å². The molecule has 0 aliphatic heterocycles. The average Bonchev–Trinajstić information content (AvgIpc) is 3.38. The lowest BCUT2D eigenvalue weighted by molar-refractivity contribution is 0.0699. The van der Waals surface area contributed by atoms with Crippen LogP contribution in [-0.4, -0.2) is 57.2 Å². The standard InChI is InChI=1S/C29H23ClF2N6O4S/c1-14-8-18(26-25(35-14)20(13-43-26)29(40)41)17-9-16(30)4-5-22(17)42-7-6-38-15(2)36-21-11-34-27(37(3)12-23(31)32)19(10-33)24(21)28(38)39/h4-5,8-9,11,13,23H,6-7,12H2,1-3H3,(H,40,41). The summed E-state index contributed by atoms with van der Waals surface area (Å²) in [5.74, 6) is -0.321. The first-order valence-electron chi connectivity index (χ1n) is 12.8. The molecule has 0 bridgehead atoms. The smallest absolute Gasteiger partial charge is 0.338 e. The SMILES string of the molecule is Cc1cc(-c2cc(Cl)ccc2OCCn2c(C)nc3cnc(N(C)CC(F)F)c(C#N)c3c2=O)c2scc(C(=O)O)c2n1. The van der Waals surface area contributed by atoms with Gasteiger partial charge >= 0.3 is 5.97 Å². The third kappa shape index (κ3) is 5.71. The highest BCUT2D eigenvalue weighted by Gasteiger charge is 2.22. The summed E-state index contributed by atoms with van der Waals surface area (Å²) >= 11 is 7.59. The third-order valence-corrected chi connectivity index (χ3v) is 7.98. The van der Waals surface area contributed by atoms with Crippen LogP contribution >= 0.6 is 22.9 Å². The van der Waals surface area contributed by atoms with Crippen molar-refractivity contribution in [3.05, 3.63) is 73.9 Å². The summed E-state index contributed by atoms with van der Waals surface area (Å²) in [6.45, 7) is 2.81. The number of fused-ring (bicyclic) bond motifs is 2. The van der Waals surface area contributed by atoms with Crippen LogP contribution in [0.2, 0.25) is 5.02 Å². The van der Waals surface area contributed by atoms with Crippen LogP contribution in [0.4, 0.5) is 14.6 Å². The second-order valence-corrected chi connectivity index (χ2v) is 11.0. The van der Waals surface area contributed by atoms with Crippen LogP contribution in [0.1, 0.15) is 27.4 Å². The predicted octanol–water partition coefficient (Wildman–Crippen LogP) is 5.69. The number of alkyl halides is 2. The first-order chi connectivity index (χ1) is 20.5. The van der Waals surface area contributed by atoms with Crippen molar-refractivity contribution >= 4 is 55.8 Å². The molecule has 0 amide bonds. The van der Waals surface area contributed by atoms with Crippen LogP contribution < -0.4 is 15.2 Å². The number of hydrogen-bond donors (Lipinski definition) is 1. The van der Waals surface area contributed by atoms with Gasteiger partial charge in [-0.05, 0) is 38.1 Å². The van der Waals surface area contributed by atoms with Gasteiger partial charge in [0.1, 0.15) is 35.6 Å².